The number of fused-ring (bicyclic) bond motifs is 2. The molecule has 0 saturated heterocycles. The van der Waals surface area contributed by atoms with Crippen molar-refractivity contribution in [1.82, 2.24) is 14.0 Å². The number of nitrogen functional groups attached to an aromatic ring is 1. The fraction of sp³-hybridized carbons (Fsp3) is 0.154. The van der Waals surface area contributed by atoms with Gasteiger partial charge in [0.25, 0.3) is 0 Å². The monoisotopic (exact) mass is 636 g/mol. The van der Waals surface area contributed by atoms with Gasteiger partial charge in [0.2, 0.25) is 5.78 Å². The number of carbonyl (C=O) groups excluding carboxylic acids is 1. The van der Waals surface area contributed by atoms with Crippen LogP contribution < -0.4 is 5.73 Å². The predicted molar refractivity (Wildman–Crippen MR) is 146 cm³/mol. The van der Waals surface area contributed by atoms with Gasteiger partial charge in [-0.1, -0.05) is 6.07 Å². The van der Waals surface area contributed by atoms with E-state index in [4.69, 9.17) is 15.5 Å². The molecule has 0 atom stereocenters. The number of hydrogen-bond donors (Lipinski definition) is 1. The van der Waals surface area contributed by atoms with Crippen LogP contribution in [-0.2, 0) is 18.4 Å². The number of ketones is 1. The van der Waals surface area contributed by atoms with Crippen LogP contribution in [0, 0.1) is 21.0 Å². The fourth-order valence-corrected chi connectivity index (χ4v) is 5.99. The van der Waals surface area contributed by atoms with E-state index in [9.17, 15) is 18.0 Å². The van der Waals surface area contributed by atoms with E-state index in [1.165, 1.54) is 11.8 Å². The second-order valence-corrected chi connectivity index (χ2v) is 10.4. The SMILES string of the molecule is COCc1nc2c(N)c(-c3cccn4c(C(=O)c5cc(F)c(F)c(F)c5)cc(I)c34)c(SC)cc2n1C. The molecule has 2 aromatic carbocycles. The van der Waals surface area contributed by atoms with Crippen molar-refractivity contribution in [2.45, 2.75) is 11.5 Å². The number of anilines is 1. The van der Waals surface area contributed by atoms with Crippen molar-refractivity contribution in [3.8, 4) is 11.1 Å². The first-order chi connectivity index (χ1) is 17.7. The minimum Gasteiger partial charge on any atom is -0.396 e. The Bertz CT molecular complexity index is 1710. The number of ether oxygens (including phenoxy) is 1. The normalized spacial score (nSPS) is 11.6. The summed E-state index contributed by atoms with van der Waals surface area (Å²) in [6.45, 7) is 0.330. The topological polar surface area (TPSA) is 74.6 Å². The van der Waals surface area contributed by atoms with Crippen LogP contribution in [0.4, 0.5) is 18.9 Å². The highest BCUT2D eigenvalue weighted by molar-refractivity contribution is 14.1. The van der Waals surface area contributed by atoms with E-state index >= 15 is 0 Å². The molecule has 37 heavy (non-hydrogen) atoms. The number of halogens is 4. The third-order valence-corrected chi connectivity index (χ3v) is 7.84. The average molecular weight is 636 g/mol. The van der Waals surface area contributed by atoms with Gasteiger partial charge in [-0.25, -0.2) is 18.2 Å². The lowest BCUT2D eigenvalue weighted by molar-refractivity contribution is 0.103. The molecule has 0 radical (unpaired) electrons. The number of methoxy groups -OCH3 is 1. The van der Waals surface area contributed by atoms with E-state index in [0.29, 0.717) is 35.5 Å². The zero-order chi connectivity index (χ0) is 26.6. The smallest absolute Gasteiger partial charge is 0.209 e. The average Bonchev–Trinajstić information content (AvgIpc) is 3.39. The van der Waals surface area contributed by atoms with Crippen LogP contribution in [0.1, 0.15) is 21.9 Å². The van der Waals surface area contributed by atoms with Crippen LogP contribution in [0.3, 0.4) is 0 Å². The highest BCUT2D eigenvalue weighted by Crippen LogP contribution is 2.43. The van der Waals surface area contributed by atoms with Gasteiger partial charge in [0, 0.05) is 45.5 Å². The molecule has 5 rings (SSSR count). The number of rotatable bonds is 6. The van der Waals surface area contributed by atoms with Gasteiger partial charge in [-0.3, -0.25) is 4.79 Å². The summed E-state index contributed by atoms with van der Waals surface area (Å²) in [5.41, 5.74) is 10.8. The Balaban J connectivity index is 1.74. The number of imidazole rings is 1. The second kappa shape index (κ2) is 9.69. The maximum absolute atomic E-state index is 13.8. The summed E-state index contributed by atoms with van der Waals surface area (Å²) in [5, 5.41) is 0. The van der Waals surface area contributed by atoms with Crippen LogP contribution in [0.25, 0.3) is 27.7 Å². The van der Waals surface area contributed by atoms with Crippen LogP contribution in [-0.4, -0.2) is 33.1 Å². The van der Waals surface area contributed by atoms with E-state index in [1.807, 2.05) is 30.0 Å². The summed E-state index contributed by atoms with van der Waals surface area (Å²) in [7, 11) is 3.51. The maximum atomic E-state index is 13.8. The number of pyridine rings is 1. The summed E-state index contributed by atoms with van der Waals surface area (Å²) in [6.07, 6.45) is 3.64. The van der Waals surface area contributed by atoms with Gasteiger partial charge < -0.3 is 19.4 Å². The standard InChI is InChI=1S/C26H20F3IN4O2S/c1-33-17-10-19(37-3)21(23(31)24(17)32-20(33)11-36-2)13-5-4-6-34-18(9-16(30)25(13)34)26(35)12-7-14(27)22(29)15(28)8-12/h4-10H,11,31H2,1-3H3. The lowest BCUT2D eigenvalue weighted by Crippen LogP contribution is -2.07. The van der Waals surface area contributed by atoms with E-state index in [2.05, 4.69) is 22.6 Å². The number of benzene rings is 2. The Morgan fingerprint density at radius 2 is 1.89 bits per heavy atom. The molecule has 0 unspecified atom stereocenters. The van der Waals surface area contributed by atoms with Gasteiger partial charge in [0.1, 0.15) is 17.9 Å². The molecular weight excluding hydrogens is 616 g/mol. The lowest BCUT2D eigenvalue weighted by atomic mass is 10.0. The largest absolute Gasteiger partial charge is 0.396 e. The zero-order valence-corrected chi connectivity index (χ0v) is 22.9. The molecule has 0 spiro atoms. The fourth-order valence-electron chi connectivity index (χ4n) is 4.49. The first kappa shape index (κ1) is 25.6. The van der Waals surface area contributed by atoms with E-state index in [0.717, 1.165) is 30.9 Å². The number of nitrogens with zero attached hydrogens (tertiary/aromatic N) is 3. The Labute approximate surface area is 227 Å². The summed E-state index contributed by atoms with van der Waals surface area (Å²) in [5.74, 6) is -4.38. The molecule has 0 amide bonds. The molecule has 0 aliphatic carbocycles. The summed E-state index contributed by atoms with van der Waals surface area (Å²) in [4.78, 5) is 18.9. The predicted octanol–water partition coefficient (Wildman–Crippen LogP) is 6.20. The van der Waals surface area contributed by atoms with Gasteiger partial charge in [-0.2, -0.15) is 0 Å². The number of thioether (sulfide) groups is 1. The summed E-state index contributed by atoms with van der Waals surface area (Å²) < 4.78 is 50.8. The number of aryl methyl sites for hydroxylation is 1. The van der Waals surface area contributed by atoms with Gasteiger partial charge in [0.05, 0.1) is 22.4 Å². The summed E-state index contributed by atoms with van der Waals surface area (Å²) >= 11 is 3.64. The van der Waals surface area contributed by atoms with Crippen molar-refractivity contribution in [2.24, 2.45) is 7.05 Å². The molecule has 0 aliphatic heterocycles. The van der Waals surface area contributed by atoms with Gasteiger partial charge in [0.15, 0.2) is 17.5 Å². The minimum absolute atomic E-state index is 0.178. The maximum Gasteiger partial charge on any atom is 0.209 e. The van der Waals surface area contributed by atoms with Crippen molar-refractivity contribution in [2.75, 3.05) is 19.1 Å². The molecule has 11 heteroatoms. The van der Waals surface area contributed by atoms with Crippen molar-refractivity contribution in [3.63, 3.8) is 0 Å². The molecule has 190 valence electrons. The zero-order valence-electron chi connectivity index (χ0n) is 19.9. The number of nitrogens with two attached hydrogens (primary N) is 1. The molecule has 0 aliphatic rings. The van der Waals surface area contributed by atoms with E-state index < -0.39 is 23.2 Å². The molecule has 0 fully saturated rings. The molecule has 0 bridgehead atoms. The van der Waals surface area contributed by atoms with Crippen molar-refractivity contribution < 1.29 is 22.7 Å². The Hall–Kier alpha value is -3.03. The minimum atomic E-state index is -1.62. The Morgan fingerprint density at radius 3 is 2.54 bits per heavy atom. The number of carbonyl (C=O) groups is 1. The first-order valence-corrected chi connectivity index (χ1v) is 13.3. The number of hydrogen-bond acceptors (Lipinski definition) is 5. The lowest BCUT2D eigenvalue weighted by Gasteiger charge is -2.15. The van der Waals surface area contributed by atoms with Crippen LogP contribution >= 0.6 is 34.4 Å². The molecule has 5 aromatic rings. The van der Waals surface area contributed by atoms with Crippen molar-refractivity contribution in [3.05, 3.63) is 80.7 Å². The van der Waals surface area contributed by atoms with Crippen LogP contribution in [0.5, 0.6) is 0 Å². The van der Waals surface area contributed by atoms with Gasteiger partial charge in [-0.05, 0) is 59.2 Å². The molecule has 2 N–H and O–H groups in total. The van der Waals surface area contributed by atoms with E-state index in [1.54, 1.807) is 29.8 Å². The third-order valence-electron chi connectivity index (χ3n) is 6.26. The van der Waals surface area contributed by atoms with Gasteiger partial charge >= 0.3 is 0 Å². The van der Waals surface area contributed by atoms with Crippen LogP contribution in [0.15, 0.2) is 47.5 Å². The summed E-state index contributed by atoms with van der Waals surface area (Å²) in [6, 6.07) is 8.72. The van der Waals surface area contributed by atoms with E-state index in [-0.39, 0.29) is 11.3 Å². The third kappa shape index (κ3) is 4.09. The number of aromatic nitrogens is 3. The van der Waals surface area contributed by atoms with Crippen molar-refractivity contribution in [1.29, 1.82) is 0 Å². The highest BCUT2D eigenvalue weighted by Gasteiger charge is 2.24. The van der Waals surface area contributed by atoms with Crippen molar-refractivity contribution >= 4 is 62.4 Å². The highest BCUT2D eigenvalue weighted by atomic mass is 127. The molecular formula is C26H20F3IN4O2S. The Morgan fingerprint density at radius 1 is 1.19 bits per heavy atom. The molecule has 3 aromatic heterocycles. The quantitative estimate of drug-likeness (QED) is 0.0791. The second-order valence-electron chi connectivity index (χ2n) is 8.36. The first-order valence-electron chi connectivity index (χ1n) is 11.0. The molecule has 0 saturated carbocycles. The van der Waals surface area contributed by atoms with Crippen LogP contribution in [0.2, 0.25) is 0 Å². The molecule has 6 nitrogen and oxygen atoms in total. The Kier molecular flexibility index (Phi) is 6.71. The molecule has 3 heterocycles. The van der Waals surface area contributed by atoms with Gasteiger partial charge in [-0.15, -0.1) is 11.8 Å².